The van der Waals surface area contributed by atoms with Crippen molar-refractivity contribution in [2.24, 2.45) is 0 Å². The molecule has 2 aromatic carbocycles. The molecule has 1 heterocycles. The first kappa shape index (κ1) is 31.1. The van der Waals surface area contributed by atoms with Crippen molar-refractivity contribution in [1.29, 1.82) is 0 Å². The van der Waals surface area contributed by atoms with E-state index < -0.39 is 12.0 Å². The van der Waals surface area contributed by atoms with Crippen molar-refractivity contribution in [2.75, 3.05) is 33.9 Å². The first-order valence-corrected chi connectivity index (χ1v) is 9.49. The van der Waals surface area contributed by atoms with Gasteiger partial charge < -0.3 is 27.0 Å². The fraction of sp³-hybridized carbons (Fsp3) is 0.409. The van der Waals surface area contributed by atoms with Gasteiger partial charge >= 0.3 is 24.8 Å². The average molecular weight is 426 g/mol. The third-order valence-corrected chi connectivity index (χ3v) is 4.23. The number of nitrogens with one attached hydrogen (secondary N) is 2. The summed E-state index contributed by atoms with van der Waals surface area (Å²) >= 11 is 0. The SMILES string of the molecule is C1CCOC1.CNC(C(=O)O)c1ccccc1.CNC(CO)c1ccccc1.[AlH3].[H-].[Li+]. The van der Waals surface area contributed by atoms with Gasteiger partial charge in [-0.05, 0) is 38.1 Å². The molecular weight excluding hydrogens is 390 g/mol. The molecule has 0 spiro atoms. The van der Waals surface area contributed by atoms with Gasteiger partial charge in [0.05, 0.1) is 12.6 Å². The topological polar surface area (TPSA) is 90.8 Å². The second kappa shape index (κ2) is 19.8. The van der Waals surface area contributed by atoms with Crippen molar-refractivity contribution in [3.05, 3.63) is 71.8 Å². The van der Waals surface area contributed by atoms with Crippen LogP contribution in [-0.2, 0) is 9.53 Å². The van der Waals surface area contributed by atoms with Crippen molar-refractivity contribution < 1.29 is 40.0 Å². The summed E-state index contributed by atoms with van der Waals surface area (Å²) in [5, 5.41) is 23.4. The zero-order valence-corrected chi connectivity index (χ0v) is 17.7. The molecule has 1 aliphatic heterocycles. The van der Waals surface area contributed by atoms with E-state index in [-0.39, 0.29) is 50.3 Å². The fourth-order valence-corrected chi connectivity index (χ4v) is 2.64. The third kappa shape index (κ3) is 12.5. The van der Waals surface area contributed by atoms with Crippen LogP contribution in [0.1, 0.15) is 37.5 Å². The van der Waals surface area contributed by atoms with Gasteiger partial charge in [-0.25, -0.2) is 0 Å². The molecule has 0 radical (unpaired) electrons. The third-order valence-electron chi connectivity index (χ3n) is 4.23. The summed E-state index contributed by atoms with van der Waals surface area (Å²) in [4.78, 5) is 10.7. The van der Waals surface area contributed by atoms with Gasteiger partial charge in [0.2, 0.25) is 0 Å². The molecule has 2 atom stereocenters. The van der Waals surface area contributed by atoms with E-state index in [9.17, 15) is 4.79 Å². The number of ether oxygens (including phenoxy) is 1. The van der Waals surface area contributed by atoms with Crippen LogP contribution in [0.5, 0.6) is 0 Å². The number of benzene rings is 2. The summed E-state index contributed by atoms with van der Waals surface area (Å²) in [5.41, 5.74) is 1.89. The predicted molar refractivity (Wildman–Crippen MR) is 122 cm³/mol. The van der Waals surface area contributed by atoms with Gasteiger partial charge in [-0.15, -0.1) is 0 Å². The summed E-state index contributed by atoms with van der Waals surface area (Å²) < 4.78 is 4.94. The normalized spacial score (nSPS) is 13.7. The maximum absolute atomic E-state index is 10.7. The number of aliphatic hydroxyl groups excluding tert-OH is 1. The van der Waals surface area contributed by atoms with Crippen molar-refractivity contribution in [3.8, 4) is 0 Å². The first-order valence-electron chi connectivity index (χ1n) is 9.49. The molecule has 30 heavy (non-hydrogen) atoms. The van der Waals surface area contributed by atoms with Gasteiger partial charge in [-0.2, -0.15) is 0 Å². The van der Waals surface area contributed by atoms with Gasteiger partial charge in [-0.3, -0.25) is 4.79 Å². The van der Waals surface area contributed by atoms with Gasteiger partial charge in [-0.1, -0.05) is 60.7 Å². The van der Waals surface area contributed by atoms with Crippen LogP contribution in [0.3, 0.4) is 0 Å². The van der Waals surface area contributed by atoms with Crippen LogP contribution in [0.15, 0.2) is 60.7 Å². The quantitative estimate of drug-likeness (QED) is 0.430. The fourth-order valence-electron chi connectivity index (χ4n) is 2.64. The van der Waals surface area contributed by atoms with Crippen LogP contribution in [0.2, 0.25) is 0 Å². The summed E-state index contributed by atoms with van der Waals surface area (Å²) in [6, 6.07) is 18.4. The summed E-state index contributed by atoms with van der Waals surface area (Å²) in [5.74, 6) is -0.858. The number of carbonyl (C=O) groups is 1. The minimum Gasteiger partial charge on any atom is -1.00 e. The van der Waals surface area contributed by atoms with Crippen LogP contribution < -0.4 is 29.5 Å². The number of hydrogen-bond acceptors (Lipinski definition) is 5. The molecule has 162 valence electrons. The molecular formula is C22H36AlLiN2O4. The first-order chi connectivity index (χ1) is 13.6. The molecule has 0 bridgehead atoms. The zero-order chi connectivity index (χ0) is 20.6. The van der Waals surface area contributed by atoms with E-state index in [1.165, 1.54) is 12.8 Å². The summed E-state index contributed by atoms with van der Waals surface area (Å²) in [6.07, 6.45) is 2.56. The maximum atomic E-state index is 10.7. The van der Waals surface area contributed by atoms with Gasteiger partial charge in [0, 0.05) is 13.2 Å². The molecule has 6 nitrogen and oxygen atoms in total. The molecule has 8 heteroatoms. The summed E-state index contributed by atoms with van der Waals surface area (Å²) in [7, 11) is 3.47. The minimum absolute atomic E-state index is 0. The van der Waals surface area contributed by atoms with Crippen LogP contribution in [0, 0.1) is 0 Å². The standard InChI is InChI=1S/C9H11NO2.C9H13NO.C4H8O.Al.Li.4H/c1-10-8(9(11)12)7-5-3-2-4-6-7;1-10-9(7-11)8-5-3-2-4-6-8;1-2-4-5-3-1;;;;;;/h2-6,8,10H,1H3,(H,11,12);2-6,9-11H,7H2,1H3;1-4H2;;;;;;/q;;;;+1;;;;-1. The zero-order valence-electron chi connectivity index (χ0n) is 18.7. The molecule has 0 aromatic heterocycles. The Morgan fingerprint density at radius 2 is 1.43 bits per heavy atom. The van der Waals surface area contributed by atoms with E-state index in [1.807, 2.05) is 55.6 Å². The number of aliphatic carboxylic acids is 1. The average Bonchev–Trinajstić information content (AvgIpc) is 3.32. The van der Waals surface area contributed by atoms with Crippen LogP contribution in [0.4, 0.5) is 0 Å². The number of carboxylic acids is 1. The number of rotatable bonds is 6. The van der Waals surface area contributed by atoms with Gasteiger partial charge in [0.15, 0.2) is 17.4 Å². The van der Waals surface area contributed by atoms with Crippen molar-refractivity contribution in [3.63, 3.8) is 0 Å². The Bertz CT molecular complexity index is 641. The Labute approximate surface area is 204 Å². The largest absolute Gasteiger partial charge is 1.00 e. The summed E-state index contributed by atoms with van der Waals surface area (Å²) in [6.45, 7) is 2.14. The van der Waals surface area contributed by atoms with Crippen LogP contribution in [-0.4, -0.2) is 67.5 Å². The predicted octanol–water partition coefficient (Wildman–Crippen LogP) is -1.30. The van der Waals surface area contributed by atoms with Crippen molar-refractivity contribution in [2.45, 2.75) is 24.9 Å². The van der Waals surface area contributed by atoms with Crippen LogP contribution >= 0.6 is 0 Å². The monoisotopic (exact) mass is 426 g/mol. The minimum atomic E-state index is -0.858. The Hall–Kier alpha value is -1.12. The van der Waals surface area contributed by atoms with E-state index in [4.69, 9.17) is 14.9 Å². The van der Waals surface area contributed by atoms with Crippen molar-refractivity contribution >= 4 is 23.3 Å². The molecule has 4 N–H and O–H groups in total. The maximum Gasteiger partial charge on any atom is 1.00 e. The van der Waals surface area contributed by atoms with E-state index in [0.29, 0.717) is 0 Å². The number of aliphatic hydroxyl groups is 1. The number of likely N-dealkylation sites (N-methyl/N-ethyl adjacent to an activating group) is 2. The molecule has 2 aromatic rings. The Kier molecular flexibility index (Phi) is 20.5. The molecule has 1 saturated heterocycles. The van der Waals surface area contributed by atoms with E-state index in [1.54, 1.807) is 19.2 Å². The van der Waals surface area contributed by atoms with Gasteiger partial charge in [0.1, 0.15) is 6.04 Å². The van der Waals surface area contributed by atoms with E-state index >= 15 is 0 Å². The second-order valence-electron chi connectivity index (χ2n) is 6.22. The van der Waals surface area contributed by atoms with Crippen LogP contribution in [0.25, 0.3) is 0 Å². The number of carboxylic acid groups (broad SMARTS) is 1. The Morgan fingerprint density at radius 1 is 0.967 bits per heavy atom. The molecule has 1 fully saturated rings. The molecule has 0 saturated carbocycles. The number of hydrogen-bond donors (Lipinski definition) is 4. The van der Waals surface area contributed by atoms with E-state index in [0.717, 1.165) is 24.3 Å². The Morgan fingerprint density at radius 3 is 1.73 bits per heavy atom. The Balaban J connectivity index is -0.000000385. The van der Waals surface area contributed by atoms with Gasteiger partial charge in [0.25, 0.3) is 0 Å². The molecule has 0 aliphatic carbocycles. The molecule has 0 amide bonds. The molecule has 1 aliphatic rings. The van der Waals surface area contributed by atoms with Crippen molar-refractivity contribution in [1.82, 2.24) is 10.6 Å². The van der Waals surface area contributed by atoms with E-state index in [2.05, 4.69) is 10.6 Å². The molecule has 3 rings (SSSR count). The second-order valence-corrected chi connectivity index (χ2v) is 6.22. The molecule has 2 unspecified atom stereocenters. The smallest absolute Gasteiger partial charge is 1.00 e.